The van der Waals surface area contributed by atoms with Gasteiger partial charge in [-0.05, 0) is 63.2 Å². The van der Waals surface area contributed by atoms with Gasteiger partial charge in [-0.25, -0.2) is 0 Å². The maximum atomic E-state index is 5.95. The van der Waals surface area contributed by atoms with Gasteiger partial charge in [0.2, 0.25) is 0 Å². The predicted octanol–water partition coefficient (Wildman–Crippen LogP) is 3.61. The van der Waals surface area contributed by atoms with Crippen molar-refractivity contribution in [2.45, 2.75) is 45.6 Å². The summed E-state index contributed by atoms with van der Waals surface area (Å²) in [6, 6.07) is 10.4. The molecule has 0 bridgehead atoms. The SMILES string of the molecule is CN=C(NCCCCN1CCC(C)CC1)N1CCC(COCc2ccccc2)C1. The van der Waals surface area contributed by atoms with Crippen LogP contribution in [0.25, 0.3) is 0 Å². The van der Waals surface area contributed by atoms with Crippen LogP contribution >= 0.6 is 0 Å². The monoisotopic (exact) mass is 400 g/mol. The third kappa shape index (κ3) is 7.63. The van der Waals surface area contributed by atoms with Crippen molar-refractivity contribution in [1.29, 1.82) is 0 Å². The van der Waals surface area contributed by atoms with Gasteiger partial charge in [0.25, 0.3) is 0 Å². The Kier molecular flexibility index (Phi) is 9.29. The molecule has 1 N–H and O–H groups in total. The van der Waals surface area contributed by atoms with Gasteiger partial charge in [0.15, 0.2) is 5.96 Å². The van der Waals surface area contributed by atoms with Crippen LogP contribution in [0.5, 0.6) is 0 Å². The van der Waals surface area contributed by atoms with Gasteiger partial charge >= 0.3 is 0 Å². The van der Waals surface area contributed by atoms with E-state index in [0.29, 0.717) is 12.5 Å². The molecule has 5 heteroatoms. The summed E-state index contributed by atoms with van der Waals surface area (Å²) in [4.78, 5) is 9.53. The van der Waals surface area contributed by atoms with Crippen molar-refractivity contribution in [3.8, 4) is 0 Å². The van der Waals surface area contributed by atoms with E-state index in [2.05, 4.69) is 51.3 Å². The molecule has 2 heterocycles. The zero-order valence-corrected chi connectivity index (χ0v) is 18.5. The second-order valence-electron chi connectivity index (χ2n) is 8.81. The summed E-state index contributed by atoms with van der Waals surface area (Å²) in [5.74, 6) is 2.57. The number of likely N-dealkylation sites (tertiary alicyclic amines) is 2. The van der Waals surface area contributed by atoms with Gasteiger partial charge in [-0.3, -0.25) is 4.99 Å². The molecule has 0 aromatic heterocycles. The Balaban J connectivity index is 1.26. The maximum Gasteiger partial charge on any atom is 0.193 e. The minimum absolute atomic E-state index is 0.596. The molecule has 1 aromatic carbocycles. The smallest absolute Gasteiger partial charge is 0.193 e. The third-order valence-corrected chi connectivity index (χ3v) is 6.32. The zero-order valence-electron chi connectivity index (χ0n) is 18.5. The van der Waals surface area contributed by atoms with E-state index in [-0.39, 0.29) is 0 Å². The van der Waals surface area contributed by atoms with E-state index in [9.17, 15) is 0 Å². The Bertz CT molecular complexity index is 598. The van der Waals surface area contributed by atoms with Crippen LogP contribution in [0, 0.1) is 11.8 Å². The number of nitrogens with one attached hydrogen (secondary N) is 1. The second kappa shape index (κ2) is 12.2. The number of hydrogen-bond acceptors (Lipinski definition) is 3. The van der Waals surface area contributed by atoms with E-state index in [1.54, 1.807) is 0 Å². The van der Waals surface area contributed by atoms with Crippen LogP contribution in [-0.2, 0) is 11.3 Å². The molecule has 0 amide bonds. The van der Waals surface area contributed by atoms with Gasteiger partial charge in [0.05, 0.1) is 13.2 Å². The predicted molar refractivity (Wildman–Crippen MR) is 121 cm³/mol. The molecule has 2 saturated heterocycles. The average Bonchev–Trinajstić information content (AvgIpc) is 3.21. The van der Waals surface area contributed by atoms with Gasteiger partial charge in [0.1, 0.15) is 0 Å². The molecule has 29 heavy (non-hydrogen) atoms. The number of nitrogens with zero attached hydrogens (tertiary/aromatic N) is 3. The zero-order chi connectivity index (χ0) is 20.3. The molecule has 0 saturated carbocycles. The first-order valence-electron chi connectivity index (χ1n) is 11.5. The van der Waals surface area contributed by atoms with Gasteiger partial charge in [-0.1, -0.05) is 37.3 Å². The lowest BCUT2D eigenvalue weighted by molar-refractivity contribution is 0.0907. The number of benzene rings is 1. The summed E-state index contributed by atoms with van der Waals surface area (Å²) in [5.41, 5.74) is 1.25. The fourth-order valence-corrected chi connectivity index (χ4v) is 4.36. The summed E-state index contributed by atoms with van der Waals surface area (Å²) >= 11 is 0. The van der Waals surface area contributed by atoms with E-state index < -0.39 is 0 Å². The molecule has 2 fully saturated rings. The van der Waals surface area contributed by atoms with Gasteiger partial charge in [-0.15, -0.1) is 0 Å². The summed E-state index contributed by atoms with van der Waals surface area (Å²) < 4.78 is 5.95. The van der Waals surface area contributed by atoms with Crippen LogP contribution in [0.1, 0.15) is 44.6 Å². The number of hydrogen-bond donors (Lipinski definition) is 1. The van der Waals surface area contributed by atoms with E-state index in [4.69, 9.17) is 4.74 Å². The van der Waals surface area contributed by atoms with Crippen LogP contribution in [0.4, 0.5) is 0 Å². The number of unbranched alkanes of at least 4 members (excludes halogenated alkanes) is 1. The Morgan fingerprint density at radius 3 is 2.66 bits per heavy atom. The molecule has 5 nitrogen and oxygen atoms in total. The van der Waals surface area contributed by atoms with Crippen LogP contribution < -0.4 is 5.32 Å². The molecule has 2 aliphatic rings. The molecule has 1 unspecified atom stereocenters. The fourth-order valence-electron chi connectivity index (χ4n) is 4.36. The van der Waals surface area contributed by atoms with Crippen LogP contribution in [0.2, 0.25) is 0 Å². The largest absolute Gasteiger partial charge is 0.376 e. The van der Waals surface area contributed by atoms with E-state index in [1.807, 2.05) is 13.1 Å². The number of ether oxygens (including phenoxy) is 1. The van der Waals surface area contributed by atoms with E-state index in [0.717, 1.165) is 38.1 Å². The molecule has 0 aliphatic carbocycles. The summed E-state index contributed by atoms with van der Waals surface area (Å²) in [6.45, 7) is 10.9. The molecule has 3 rings (SSSR count). The summed E-state index contributed by atoms with van der Waals surface area (Å²) in [6.07, 6.45) is 6.41. The van der Waals surface area contributed by atoms with Gasteiger partial charge < -0.3 is 19.9 Å². The molecule has 0 radical (unpaired) electrons. The molecule has 162 valence electrons. The maximum absolute atomic E-state index is 5.95. The Labute approximate surface area is 177 Å². The molecule has 0 spiro atoms. The lowest BCUT2D eigenvalue weighted by Crippen LogP contribution is -2.41. The lowest BCUT2D eigenvalue weighted by Gasteiger charge is -2.30. The highest BCUT2D eigenvalue weighted by Crippen LogP contribution is 2.18. The van der Waals surface area contributed by atoms with Gasteiger partial charge in [-0.2, -0.15) is 0 Å². The molecular weight excluding hydrogens is 360 g/mol. The first kappa shape index (κ1) is 22.1. The quantitative estimate of drug-likeness (QED) is 0.390. The first-order chi connectivity index (χ1) is 14.2. The Morgan fingerprint density at radius 2 is 1.90 bits per heavy atom. The van der Waals surface area contributed by atoms with Crippen molar-refractivity contribution >= 4 is 5.96 Å². The van der Waals surface area contributed by atoms with Crippen molar-refractivity contribution in [3.05, 3.63) is 35.9 Å². The number of piperidine rings is 1. The van der Waals surface area contributed by atoms with Crippen LogP contribution in [0.15, 0.2) is 35.3 Å². The normalized spacial score (nSPS) is 21.7. The number of rotatable bonds is 9. The molecular formula is C24H40N4O. The van der Waals surface area contributed by atoms with E-state index >= 15 is 0 Å². The highest BCUT2D eigenvalue weighted by atomic mass is 16.5. The second-order valence-corrected chi connectivity index (χ2v) is 8.81. The molecule has 1 aromatic rings. The van der Waals surface area contributed by atoms with E-state index in [1.165, 1.54) is 57.3 Å². The Morgan fingerprint density at radius 1 is 1.10 bits per heavy atom. The number of aliphatic imine (C=N–C) groups is 1. The topological polar surface area (TPSA) is 40.1 Å². The molecule has 1 atom stereocenters. The Hall–Kier alpha value is -1.59. The standard InChI is InChI=1S/C24H40N4O/c1-21-10-15-27(16-11-21)14-7-6-13-26-24(25-2)28-17-12-23(18-28)20-29-19-22-8-4-3-5-9-22/h3-5,8-9,21,23H,6-7,10-20H2,1-2H3,(H,25,26). The fraction of sp³-hybridized carbons (Fsp3) is 0.708. The van der Waals surface area contributed by atoms with Crippen LogP contribution in [-0.4, -0.2) is 68.7 Å². The van der Waals surface area contributed by atoms with Gasteiger partial charge in [0, 0.05) is 32.6 Å². The average molecular weight is 401 g/mol. The van der Waals surface area contributed by atoms with Crippen molar-refractivity contribution in [2.24, 2.45) is 16.8 Å². The first-order valence-corrected chi connectivity index (χ1v) is 11.5. The van der Waals surface area contributed by atoms with Crippen molar-refractivity contribution in [3.63, 3.8) is 0 Å². The molecule has 2 aliphatic heterocycles. The minimum atomic E-state index is 0.596. The third-order valence-electron chi connectivity index (χ3n) is 6.32. The van der Waals surface area contributed by atoms with Crippen molar-refractivity contribution in [1.82, 2.24) is 15.1 Å². The lowest BCUT2D eigenvalue weighted by atomic mass is 9.99. The van der Waals surface area contributed by atoms with Crippen molar-refractivity contribution in [2.75, 3.05) is 52.9 Å². The van der Waals surface area contributed by atoms with Crippen LogP contribution in [0.3, 0.4) is 0 Å². The summed E-state index contributed by atoms with van der Waals surface area (Å²) in [7, 11) is 1.90. The highest BCUT2D eigenvalue weighted by Gasteiger charge is 2.24. The summed E-state index contributed by atoms with van der Waals surface area (Å²) in [5, 5.41) is 3.58. The number of guanidine groups is 1. The minimum Gasteiger partial charge on any atom is -0.376 e. The van der Waals surface area contributed by atoms with Crippen molar-refractivity contribution < 1.29 is 4.74 Å². The highest BCUT2D eigenvalue weighted by molar-refractivity contribution is 5.80.